The Bertz CT molecular complexity index is 599. The van der Waals surface area contributed by atoms with Crippen molar-refractivity contribution in [3.8, 4) is 0 Å². The first-order valence-electron chi connectivity index (χ1n) is 7.82. The van der Waals surface area contributed by atoms with E-state index in [0.717, 1.165) is 24.3 Å². The van der Waals surface area contributed by atoms with Crippen LogP contribution < -0.4 is 10.2 Å². The van der Waals surface area contributed by atoms with Gasteiger partial charge in [-0.1, -0.05) is 18.2 Å². The second-order valence-electron chi connectivity index (χ2n) is 5.08. The first-order valence-corrected chi connectivity index (χ1v) is 7.82. The van der Waals surface area contributed by atoms with Gasteiger partial charge in [-0.05, 0) is 37.6 Å². The Labute approximate surface area is 137 Å². The molecule has 0 radical (unpaired) electrons. The first-order chi connectivity index (χ1) is 11.3. The van der Waals surface area contributed by atoms with Crippen molar-refractivity contribution in [2.75, 3.05) is 31.7 Å². The van der Waals surface area contributed by atoms with E-state index in [1.54, 1.807) is 19.4 Å². The number of hydrogen-bond donors (Lipinski definition) is 1. The molecular formula is C18H23N3O2. The number of hydrogen-bond acceptors (Lipinski definition) is 4. The van der Waals surface area contributed by atoms with Crippen LogP contribution in [0, 0.1) is 0 Å². The van der Waals surface area contributed by atoms with E-state index in [0.29, 0.717) is 18.8 Å². The smallest absolute Gasteiger partial charge is 0.269 e. The Morgan fingerprint density at radius 3 is 2.57 bits per heavy atom. The third kappa shape index (κ3) is 4.79. The van der Waals surface area contributed by atoms with Gasteiger partial charge in [0.25, 0.3) is 5.91 Å². The highest BCUT2D eigenvalue weighted by molar-refractivity contribution is 5.92. The summed E-state index contributed by atoms with van der Waals surface area (Å²) in [4.78, 5) is 18.4. The maximum atomic E-state index is 12.0. The molecule has 0 saturated carbocycles. The summed E-state index contributed by atoms with van der Waals surface area (Å²) in [5.41, 5.74) is 2.50. The van der Waals surface area contributed by atoms with E-state index in [1.165, 1.54) is 0 Å². The lowest BCUT2D eigenvalue weighted by molar-refractivity contribution is 0.0943. The van der Waals surface area contributed by atoms with Crippen LogP contribution in [0.1, 0.15) is 23.8 Å². The number of benzene rings is 1. The van der Waals surface area contributed by atoms with Gasteiger partial charge in [-0.3, -0.25) is 4.79 Å². The highest BCUT2D eigenvalue weighted by Gasteiger charge is 2.10. The Hall–Kier alpha value is -2.40. The van der Waals surface area contributed by atoms with Gasteiger partial charge in [-0.2, -0.15) is 0 Å². The van der Waals surface area contributed by atoms with Crippen LogP contribution in [0.3, 0.4) is 0 Å². The summed E-state index contributed by atoms with van der Waals surface area (Å²) in [5.74, 6) is -0.157. The standard InChI is InChI=1S/C18H23N3O2/c1-3-21(15-8-5-4-6-9-15)16-10-11-17(20-14-16)18(22)19-12-7-13-23-2/h4-6,8-11,14H,3,7,12-13H2,1-2H3,(H,19,22). The molecule has 2 rings (SSSR count). The summed E-state index contributed by atoms with van der Waals surface area (Å²) in [6, 6.07) is 13.8. The Balaban J connectivity index is 2.02. The second-order valence-corrected chi connectivity index (χ2v) is 5.08. The maximum absolute atomic E-state index is 12.0. The number of aromatic nitrogens is 1. The number of anilines is 2. The van der Waals surface area contributed by atoms with Crippen LogP contribution in [0.5, 0.6) is 0 Å². The largest absolute Gasteiger partial charge is 0.385 e. The zero-order valence-electron chi connectivity index (χ0n) is 13.7. The third-order valence-electron chi connectivity index (χ3n) is 3.49. The molecule has 23 heavy (non-hydrogen) atoms. The summed E-state index contributed by atoms with van der Waals surface area (Å²) < 4.78 is 4.95. The zero-order valence-corrected chi connectivity index (χ0v) is 13.7. The predicted molar refractivity (Wildman–Crippen MR) is 92.2 cm³/mol. The van der Waals surface area contributed by atoms with Gasteiger partial charge in [0.15, 0.2) is 0 Å². The fourth-order valence-electron chi connectivity index (χ4n) is 2.31. The quantitative estimate of drug-likeness (QED) is 0.761. The molecule has 122 valence electrons. The number of para-hydroxylation sites is 1. The van der Waals surface area contributed by atoms with Gasteiger partial charge in [-0.15, -0.1) is 0 Å². The number of ether oxygens (including phenoxy) is 1. The van der Waals surface area contributed by atoms with Crippen LogP contribution in [0.2, 0.25) is 0 Å². The number of carbonyl (C=O) groups is 1. The third-order valence-corrected chi connectivity index (χ3v) is 3.49. The van der Waals surface area contributed by atoms with Crippen molar-refractivity contribution < 1.29 is 9.53 Å². The number of methoxy groups -OCH3 is 1. The van der Waals surface area contributed by atoms with E-state index in [1.807, 2.05) is 24.3 Å². The van der Waals surface area contributed by atoms with E-state index in [-0.39, 0.29) is 5.91 Å². The fourth-order valence-corrected chi connectivity index (χ4v) is 2.31. The van der Waals surface area contributed by atoms with Crippen molar-refractivity contribution in [2.24, 2.45) is 0 Å². The molecule has 5 heteroatoms. The molecule has 1 aromatic heterocycles. The minimum atomic E-state index is -0.157. The highest BCUT2D eigenvalue weighted by atomic mass is 16.5. The van der Waals surface area contributed by atoms with Crippen LogP contribution in [-0.4, -0.2) is 37.7 Å². The summed E-state index contributed by atoms with van der Waals surface area (Å²) >= 11 is 0. The molecule has 0 aliphatic heterocycles. The van der Waals surface area contributed by atoms with Crippen molar-refractivity contribution in [3.63, 3.8) is 0 Å². The molecule has 2 aromatic rings. The average molecular weight is 313 g/mol. The lowest BCUT2D eigenvalue weighted by atomic mass is 10.2. The number of pyridine rings is 1. The summed E-state index contributed by atoms with van der Waals surface area (Å²) in [6.45, 7) is 4.13. The van der Waals surface area contributed by atoms with Crippen molar-refractivity contribution in [1.82, 2.24) is 10.3 Å². The summed E-state index contributed by atoms with van der Waals surface area (Å²) in [5, 5.41) is 2.83. The predicted octanol–water partition coefficient (Wildman–Crippen LogP) is 3.01. The molecule has 0 aliphatic rings. The van der Waals surface area contributed by atoms with Gasteiger partial charge in [-0.25, -0.2) is 4.98 Å². The van der Waals surface area contributed by atoms with Gasteiger partial charge < -0.3 is 15.0 Å². The van der Waals surface area contributed by atoms with Gasteiger partial charge in [0.2, 0.25) is 0 Å². The van der Waals surface area contributed by atoms with Crippen LogP contribution in [-0.2, 0) is 4.74 Å². The summed E-state index contributed by atoms with van der Waals surface area (Å²) in [6.07, 6.45) is 2.53. The number of amides is 1. The van der Waals surface area contributed by atoms with E-state index in [2.05, 4.69) is 34.3 Å². The van der Waals surface area contributed by atoms with E-state index >= 15 is 0 Å². The average Bonchev–Trinajstić information content (AvgIpc) is 2.61. The summed E-state index contributed by atoms with van der Waals surface area (Å²) in [7, 11) is 1.65. The molecule has 1 heterocycles. The molecular weight excluding hydrogens is 290 g/mol. The minimum Gasteiger partial charge on any atom is -0.385 e. The molecule has 1 amide bonds. The number of rotatable bonds is 8. The van der Waals surface area contributed by atoms with Crippen LogP contribution in [0.15, 0.2) is 48.7 Å². The van der Waals surface area contributed by atoms with Gasteiger partial charge >= 0.3 is 0 Å². The van der Waals surface area contributed by atoms with Gasteiger partial charge in [0, 0.05) is 32.5 Å². The maximum Gasteiger partial charge on any atom is 0.269 e. The van der Waals surface area contributed by atoms with Gasteiger partial charge in [0.1, 0.15) is 5.69 Å². The lowest BCUT2D eigenvalue weighted by Crippen LogP contribution is -2.26. The molecule has 0 bridgehead atoms. The lowest BCUT2D eigenvalue weighted by Gasteiger charge is -2.22. The Kier molecular flexibility index (Phi) is 6.56. The first kappa shape index (κ1) is 17.0. The number of nitrogens with zero attached hydrogens (tertiary/aromatic N) is 2. The van der Waals surface area contributed by atoms with Crippen LogP contribution in [0.4, 0.5) is 11.4 Å². The second kappa shape index (κ2) is 8.90. The van der Waals surface area contributed by atoms with Crippen LogP contribution >= 0.6 is 0 Å². The van der Waals surface area contributed by atoms with E-state index in [9.17, 15) is 4.79 Å². The molecule has 0 aliphatic carbocycles. The molecule has 5 nitrogen and oxygen atoms in total. The minimum absolute atomic E-state index is 0.157. The van der Waals surface area contributed by atoms with Crippen molar-refractivity contribution in [3.05, 3.63) is 54.4 Å². The molecule has 0 fully saturated rings. The fraction of sp³-hybridized carbons (Fsp3) is 0.333. The Morgan fingerprint density at radius 2 is 1.96 bits per heavy atom. The molecule has 1 aromatic carbocycles. The van der Waals surface area contributed by atoms with E-state index in [4.69, 9.17) is 4.74 Å². The number of nitrogens with one attached hydrogen (secondary N) is 1. The highest BCUT2D eigenvalue weighted by Crippen LogP contribution is 2.23. The Morgan fingerprint density at radius 1 is 1.17 bits per heavy atom. The molecule has 0 spiro atoms. The molecule has 0 atom stereocenters. The molecule has 0 saturated heterocycles. The SMILES string of the molecule is CCN(c1ccccc1)c1ccc(C(=O)NCCCOC)nc1. The topological polar surface area (TPSA) is 54.5 Å². The van der Waals surface area contributed by atoms with Gasteiger partial charge in [0.05, 0.1) is 11.9 Å². The normalized spacial score (nSPS) is 10.3. The number of carbonyl (C=O) groups excluding carboxylic acids is 1. The van der Waals surface area contributed by atoms with Crippen molar-refractivity contribution >= 4 is 17.3 Å². The van der Waals surface area contributed by atoms with E-state index < -0.39 is 0 Å². The monoisotopic (exact) mass is 313 g/mol. The zero-order chi connectivity index (χ0) is 16.5. The van der Waals surface area contributed by atoms with Crippen molar-refractivity contribution in [1.29, 1.82) is 0 Å². The molecule has 1 N–H and O–H groups in total. The van der Waals surface area contributed by atoms with Crippen LogP contribution in [0.25, 0.3) is 0 Å². The molecule has 0 unspecified atom stereocenters. The van der Waals surface area contributed by atoms with Crippen molar-refractivity contribution in [2.45, 2.75) is 13.3 Å².